The van der Waals surface area contributed by atoms with Crippen LogP contribution in [0.5, 0.6) is 5.75 Å². The summed E-state index contributed by atoms with van der Waals surface area (Å²) in [4.78, 5) is 29.1. The van der Waals surface area contributed by atoms with Gasteiger partial charge in [-0.15, -0.1) is 0 Å². The van der Waals surface area contributed by atoms with Gasteiger partial charge in [0, 0.05) is 75.7 Å². The van der Waals surface area contributed by atoms with Crippen LogP contribution in [0.4, 0.5) is 34.9 Å². The van der Waals surface area contributed by atoms with Gasteiger partial charge >= 0.3 is 0 Å². The van der Waals surface area contributed by atoms with Crippen molar-refractivity contribution in [1.82, 2.24) is 29.8 Å². The van der Waals surface area contributed by atoms with Gasteiger partial charge in [-0.3, -0.25) is 4.90 Å². The first kappa shape index (κ1) is 29.5. The van der Waals surface area contributed by atoms with Crippen molar-refractivity contribution in [3.05, 3.63) is 67.3 Å². The Morgan fingerprint density at radius 3 is 2.16 bits per heavy atom. The lowest BCUT2D eigenvalue weighted by Gasteiger charge is -2.43. The normalized spacial score (nSPS) is 16.5. The fraction of sp³-hybridized carbons (Fsp3) is 0.367. The molecular weight excluding hydrogens is 580 g/mol. The number of para-hydroxylation sites is 1. The summed E-state index contributed by atoms with van der Waals surface area (Å²) < 4.78 is 30.1. The number of hydrogen-bond donors (Lipinski definition) is 2. The quantitative estimate of drug-likeness (QED) is 0.284. The monoisotopic (exact) mass is 616 g/mol. The minimum atomic E-state index is -3.43. The average molecular weight is 617 g/mol. The molecular formula is C30H36N10O3S. The molecule has 13 nitrogen and oxygen atoms in total. The van der Waals surface area contributed by atoms with Crippen LogP contribution in [0.1, 0.15) is 12.8 Å². The molecule has 2 aromatic carbocycles. The number of nitrogens with zero attached hydrogens (tertiary/aromatic N) is 8. The number of methoxy groups -OCH3 is 1. The molecule has 0 bridgehead atoms. The highest BCUT2D eigenvalue weighted by atomic mass is 32.2. The van der Waals surface area contributed by atoms with E-state index in [4.69, 9.17) is 4.74 Å². The zero-order valence-electron chi connectivity index (χ0n) is 24.8. The molecule has 0 amide bonds. The van der Waals surface area contributed by atoms with Crippen LogP contribution in [0.25, 0.3) is 0 Å². The predicted octanol–water partition coefficient (Wildman–Crippen LogP) is 3.35. The molecule has 0 radical (unpaired) electrons. The number of piperidine rings is 1. The van der Waals surface area contributed by atoms with E-state index >= 15 is 0 Å². The summed E-state index contributed by atoms with van der Waals surface area (Å²) >= 11 is 0. The Kier molecular flexibility index (Phi) is 8.70. The summed E-state index contributed by atoms with van der Waals surface area (Å²) in [6, 6.07) is 15.1. The SMILES string of the molecule is COc1cc(N2CCC(N3CCN(c4ncccn4)CC3)CC2)ccc1Nc1ncnc(Nc2ccccc2S(C)(=O)=O)n1. The van der Waals surface area contributed by atoms with E-state index in [0.29, 0.717) is 29.1 Å². The molecule has 0 atom stereocenters. The maximum Gasteiger partial charge on any atom is 0.232 e. The smallest absolute Gasteiger partial charge is 0.232 e. The van der Waals surface area contributed by atoms with Crippen molar-refractivity contribution in [3.63, 3.8) is 0 Å². The highest BCUT2D eigenvalue weighted by Gasteiger charge is 2.28. The Bertz CT molecular complexity index is 1680. The lowest BCUT2D eigenvalue weighted by atomic mass is 10.0. The van der Waals surface area contributed by atoms with Gasteiger partial charge in [0.25, 0.3) is 0 Å². The van der Waals surface area contributed by atoms with E-state index in [0.717, 1.165) is 70.0 Å². The third-order valence-electron chi connectivity index (χ3n) is 8.03. The molecule has 4 heterocycles. The lowest BCUT2D eigenvalue weighted by molar-refractivity contribution is 0.159. The fourth-order valence-corrected chi connectivity index (χ4v) is 6.61. The van der Waals surface area contributed by atoms with Crippen LogP contribution in [0.3, 0.4) is 0 Å². The molecule has 4 aromatic rings. The van der Waals surface area contributed by atoms with Gasteiger partial charge in [-0.25, -0.2) is 28.4 Å². The molecule has 0 unspecified atom stereocenters. The van der Waals surface area contributed by atoms with Gasteiger partial charge in [0.15, 0.2) is 9.84 Å². The van der Waals surface area contributed by atoms with E-state index in [1.54, 1.807) is 37.7 Å². The highest BCUT2D eigenvalue weighted by Crippen LogP contribution is 2.33. The van der Waals surface area contributed by atoms with Crippen molar-refractivity contribution >= 4 is 44.7 Å². The second kappa shape index (κ2) is 13.0. The average Bonchev–Trinajstić information content (AvgIpc) is 3.05. The minimum absolute atomic E-state index is 0.164. The van der Waals surface area contributed by atoms with E-state index in [9.17, 15) is 8.42 Å². The van der Waals surface area contributed by atoms with Gasteiger partial charge in [-0.1, -0.05) is 12.1 Å². The van der Waals surface area contributed by atoms with Crippen LogP contribution in [0.15, 0.2) is 72.1 Å². The summed E-state index contributed by atoms with van der Waals surface area (Å²) in [7, 11) is -1.80. The zero-order chi connectivity index (χ0) is 30.5. The topological polar surface area (TPSA) is 142 Å². The van der Waals surface area contributed by atoms with Crippen LogP contribution >= 0.6 is 0 Å². The van der Waals surface area contributed by atoms with E-state index in [1.165, 1.54) is 12.4 Å². The van der Waals surface area contributed by atoms with Crippen LogP contribution in [0.2, 0.25) is 0 Å². The van der Waals surface area contributed by atoms with Crippen molar-refractivity contribution in [3.8, 4) is 5.75 Å². The number of benzene rings is 2. The molecule has 2 aromatic heterocycles. The molecule has 14 heteroatoms. The van der Waals surface area contributed by atoms with Crippen molar-refractivity contribution in [1.29, 1.82) is 0 Å². The van der Waals surface area contributed by atoms with E-state index in [-0.39, 0.29) is 10.8 Å². The van der Waals surface area contributed by atoms with E-state index < -0.39 is 9.84 Å². The van der Waals surface area contributed by atoms with Crippen molar-refractivity contribution in [2.75, 3.05) is 73.1 Å². The summed E-state index contributed by atoms with van der Waals surface area (Å²) in [5.41, 5.74) is 2.20. The van der Waals surface area contributed by atoms with E-state index in [1.807, 2.05) is 18.2 Å². The molecule has 0 aliphatic carbocycles. The maximum atomic E-state index is 12.2. The molecule has 6 rings (SSSR count). The third-order valence-corrected chi connectivity index (χ3v) is 9.19. The van der Waals surface area contributed by atoms with Gasteiger partial charge in [0.05, 0.1) is 23.4 Å². The van der Waals surface area contributed by atoms with Crippen molar-refractivity contribution in [2.45, 2.75) is 23.8 Å². The van der Waals surface area contributed by atoms with Gasteiger partial charge in [-0.05, 0) is 43.2 Å². The summed E-state index contributed by atoms with van der Waals surface area (Å²) in [5, 5.41) is 6.20. The maximum absolute atomic E-state index is 12.2. The third kappa shape index (κ3) is 6.81. The Balaban J connectivity index is 1.06. The molecule has 2 aliphatic rings. The van der Waals surface area contributed by atoms with Crippen LogP contribution in [-0.2, 0) is 9.84 Å². The Labute approximate surface area is 257 Å². The molecule has 2 aliphatic heterocycles. The molecule has 2 saturated heterocycles. The van der Waals surface area contributed by atoms with Gasteiger partial charge in [0.2, 0.25) is 17.8 Å². The first-order valence-corrected chi connectivity index (χ1v) is 16.5. The van der Waals surface area contributed by atoms with Gasteiger partial charge in [-0.2, -0.15) is 4.98 Å². The molecule has 0 saturated carbocycles. The lowest BCUT2D eigenvalue weighted by Crippen LogP contribution is -2.53. The largest absolute Gasteiger partial charge is 0.494 e. The Hall–Kier alpha value is -4.56. The first-order chi connectivity index (χ1) is 21.4. The highest BCUT2D eigenvalue weighted by molar-refractivity contribution is 7.90. The molecule has 44 heavy (non-hydrogen) atoms. The number of hydrogen-bond acceptors (Lipinski definition) is 13. The van der Waals surface area contributed by atoms with Gasteiger partial charge in [0.1, 0.15) is 12.1 Å². The number of anilines is 6. The molecule has 230 valence electrons. The number of aromatic nitrogens is 5. The number of sulfone groups is 1. The molecule has 0 spiro atoms. The molecule has 2 fully saturated rings. The van der Waals surface area contributed by atoms with Crippen molar-refractivity contribution < 1.29 is 13.2 Å². The predicted molar refractivity (Wildman–Crippen MR) is 170 cm³/mol. The summed E-state index contributed by atoms with van der Waals surface area (Å²) in [6.07, 6.45) is 8.33. The summed E-state index contributed by atoms with van der Waals surface area (Å²) in [6.45, 7) is 5.89. The van der Waals surface area contributed by atoms with E-state index in [2.05, 4.69) is 56.3 Å². The number of nitrogens with one attached hydrogen (secondary N) is 2. The zero-order valence-corrected chi connectivity index (χ0v) is 25.6. The number of ether oxygens (including phenoxy) is 1. The number of piperazine rings is 1. The summed E-state index contributed by atoms with van der Waals surface area (Å²) in [5.74, 6) is 2.00. The van der Waals surface area contributed by atoms with Crippen LogP contribution in [-0.4, -0.2) is 96.9 Å². The van der Waals surface area contributed by atoms with Crippen LogP contribution in [0, 0.1) is 0 Å². The van der Waals surface area contributed by atoms with Crippen LogP contribution < -0.4 is 25.2 Å². The minimum Gasteiger partial charge on any atom is -0.494 e. The second-order valence-corrected chi connectivity index (χ2v) is 12.8. The molecule has 2 N–H and O–H groups in total. The fourth-order valence-electron chi connectivity index (χ4n) is 5.76. The van der Waals surface area contributed by atoms with Crippen molar-refractivity contribution in [2.24, 2.45) is 0 Å². The standard InChI is InChI=1S/C30H36N10O3S/c1-43-26-20-23(38-14-10-22(11-15-38)39-16-18-40(19-17-39)30-31-12-5-13-32-30)8-9-24(26)35-28-33-21-34-29(37-28)36-25-6-3-4-7-27(25)44(2,41)42/h3-9,12-13,20-22H,10-11,14-19H2,1-2H3,(H2,33,34,35,36,37). The number of rotatable bonds is 9. The first-order valence-electron chi connectivity index (χ1n) is 14.6. The van der Waals surface area contributed by atoms with Gasteiger partial charge < -0.3 is 25.2 Å². The Morgan fingerprint density at radius 2 is 1.48 bits per heavy atom. The Morgan fingerprint density at radius 1 is 0.795 bits per heavy atom. The second-order valence-electron chi connectivity index (χ2n) is 10.8.